The van der Waals surface area contributed by atoms with Crippen LogP contribution in [0, 0.1) is 0 Å². The fraction of sp³-hybridized carbons (Fsp3) is 0.333. The van der Waals surface area contributed by atoms with Gasteiger partial charge in [-0.25, -0.2) is 4.79 Å². The molecular weight excluding hydrogens is 254 g/mol. The third-order valence-corrected chi connectivity index (χ3v) is 3.71. The molecule has 5 heteroatoms. The number of hydrogen-bond acceptors (Lipinski definition) is 5. The van der Waals surface area contributed by atoms with Gasteiger partial charge in [-0.05, 0) is 18.6 Å². The summed E-state index contributed by atoms with van der Waals surface area (Å²) in [5, 5.41) is 1.05. The largest absolute Gasteiger partial charge is 0.467 e. The molecule has 1 saturated heterocycles. The van der Waals surface area contributed by atoms with Crippen molar-refractivity contribution in [3.63, 3.8) is 0 Å². The maximum atomic E-state index is 11.9. The summed E-state index contributed by atoms with van der Waals surface area (Å²) in [7, 11) is 1.41. The Bertz CT molecular complexity index is 644. The van der Waals surface area contributed by atoms with Gasteiger partial charge in [-0.2, -0.15) is 0 Å². The lowest BCUT2D eigenvalue weighted by molar-refractivity contribution is -0.141. The van der Waals surface area contributed by atoms with E-state index >= 15 is 0 Å². The standard InChI is InChI=1S/C15H17N3O2/c1-20-15(19)14-7-11(16)9-18(14)12-6-10-4-2-3-5-13(10)17-8-12/h2-6,8,11,14H,7,9,16H2,1H3/t11-,14-/m0/s1. The second-order valence-electron chi connectivity index (χ2n) is 5.07. The minimum atomic E-state index is -0.321. The van der Waals surface area contributed by atoms with E-state index in [-0.39, 0.29) is 18.1 Å². The number of anilines is 1. The number of nitrogens with zero attached hydrogens (tertiary/aromatic N) is 2. The van der Waals surface area contributed by atoms with E-state index in [0.717, 1.165) is 16.6 Å². The molecule has 0 bridgehead atoms. The van der Waals surface area contributed by atoms with Gasteiger partial charge in [0.15, 0.2) is 0 Å². The zero-order chi connectivity index (χ0) is 14.1. The van der Waals surface area contributed by atoms with Gasteiger partial charge >= 0.3 is 5.97 Å². The van der Waals surface area contributed by atoms with E-state index in [0.29, 0.717) is 13.0 Å². The fourth-order valence-electron chi connectivity index (χ4n) is 2.73. The second kappa shape index (κ2) is 5.09. The van der Waals surface area contributed by atoms with E-state index in [9.17, 15) is 4.79 Å². The Morgan fingerprint density at radius 2 is 2.25 bits per heavy atom. The van der Waals surface area contributed by atoms with Crippen molar-refractivity contribution >= 4 is 22.6 Å². The highest BCUT2D eigenvalue weighted by Gasteiger charge is 2.36. The van der Waals surface area contributed by atoms with Gasteiger partial charge in [0.2, 0.25) is 0 Å². The number of aromatic nitrogens is 1. The zero-order valence-corrected chi connectivity index (χ0v) is 11.3. The smallest absolute Gasteiger partial charge is 0.328 e. The molecule has 104 valence electrons. The third kappa shape index (κ3) is 2.20. The maximum Gasteiger partial charge on any atom is 0.328 e. The van der Waals surface area contributed by atoms with Crippen LogP contribution >= 0.6 is 0 Å². The van der Waals surface area contributed by atoms with Gasteiger partial charge in [-0.1, -0.05) is 18.2 Å². The third-order valence-electron chi connectivity index (χ3n) is 3.71. The van der Waals surface area contributed by atoms with E-state index in [4.69, 9.17) is 10.5 Å². The van der Waals surface area contributed by atoms with Crippen molar-refractivity contribution in [3.05, 3.63) is 36.5 Å². The van der Waals surface area contributed by atoms with Crippen LogP contribution in [0.4, 0.5) is 5.69 Å². The molecule has 0 radical (unpaired) electrons. The minimum Gasteiger partial charge on any atom is -0.467 e. The predicted octanol–water partition coefficient (Wildman–Crippen LogP) is 1.31. The molecule has 0 amide bonds. The molecule has 2 N–H and O–H groups in total. The average Bonchev–Trinajstić information content (AvgIpc) is 2.88. The maximum absolute atomic E-state index is 11.9. The van der Waals surface area contributed by atoms with E-state index in [1.165, 1.54) is 7.11 Å². The molecule has 0 unspecified atom stereocenters. The highest BCUT2D eigenvalue weighted by molar-refractivity contribution is 5.85. The molecule has 1 aliphatic rings. The molecule has 20 heavy (non-hydrogen) atoms. The van der Waals surface area contributed by atoms with Crippen molar-refractivity contribution in [3.8, 4) is 0 Å². The molecule has 0 spiro atoms. The number of ether oxygens (including phenoxy) is 1. The Kier molecular flexibility index (Phi) is 3.28. The quantitative estimate of drug-likeness (QED) is 0.834. The number of fused-ring (bicyclic) bond motifs is 1. The van der Waals surface area contributed by atoms with Crippen LogP contribution in [0.2, 0.25) is 0 Å². The molecule has 1 aromatic heterocycles. The molecule has 0 aliphatic carbocycles. The van der Waals surface area contributed by atoms with Crippen LogP contribution in [-0.2, 0) is 9.53 Å². The van der Waals surface area contributed by atoms with Crippen LogP contribution in [0.1, 0.15) is 6.42 Å². The van der Waals surface area contributed by atoms with E-state index in [1.54, 1.807) is 6.20 Å². The summed E-state index contributed by atoms with van der Waals surface area (Å²) in [6.07, 6.45) is 2.40. The molecule has 2 heterocycles. The van der Waals surface area contributed by atoms with Gasteiger partial charge in [0.05, 0.1) is 24.5 Å². The van der Waals surface area contributed by atoms with E-state index < -0.39 is 0 Å². The summed E-state index contributed by atoms with van der Waals surface area (Å²) in [4.78, 5) is 18.3. The summed E-state index contributed by atoms with van der Waals surface area (Å²) in [5.41, 5.74) is 7.84. The number of benzene rings is 1. The van der Waals surface area contributed by atoms with Crippen LogP contribution in [0.5, 0.6) is 0 Å². The van der Waals surface area contributed by atoms with E-state index in [1.807, 2.05) is 35.2 Å². The summed E-state index contributed by atoms with van der Waals surface area (Å²) in [6.45, 7) is 0.639. The fourth-order valence-corrected chi connectivity index (χ4v) is 2.73. The Balaban J connectivity index is 1.98. The first-order valence-corrected chi connectivity index (χ1v) is 6.64. The van der Waals surface area contributed by atoms with Crippen molar-refractivity contribution in [2.75, 3.05) is 18.6 Å². The number of pyridine rings is 1. The van der Waals surface area contributed by atoms with Gasteiger partial charge in [0.1, 0.15) is 6.04 Å². The van der Waals surface area contributed by atoms with Gasteiger partial charge < -0.3 is 15.4 Å². The van der Waals surface area contributed by atoms with Crippen LogP contribution in [-0.4, -0.2) is 36.7 Å². The van der Waals surface area contributed by atoms with Crippen molar-refractivity contribution in [1.29, 1.82) is 0 Å². The number of esters is 1. The molecule has 3 rings (SSSR count). The number of rotatable bonds is 2. The number of carbonyl (C=O) groups excluding carboxylic acids is 1. The molecule has 2 aromatic rings. The molecule has 5 nitrogen and oxygen atoms in total. The van der Waals surface area contributed by atoms with Crippen molar-refractivity contribution in [1.82, 2.24) is 4.98 Å². The molecule has 1 aliphatic heterocycles. The summed E-state index contributed by atoms with van der Waals surface area (Å²) < 4.78 is 4.87. The van der Waals surface area contributed by atoms with Crippen molar-refractivity contribution < 1.29 is 9.53 Å². The molecule has 1 aromatic carbocycles. The topological polar surface area (TPSA) is 68.5 Å². The molecule has 2 atom stereocenters. The van der Waals surface area contributed by atoms with E-state index in [2.05, 4.69) is 4.98 Å². The van der Waals surface area contributed by atoms with Gasteiger partial charge in [0, 0.05) is 18.0 Å². The first kappa shape index (κ1) is 12.9. The zero-order valence-electron chi connectivity index (χ0n) is 11.3. The van der Waals surface area contributed by atoms with Crippen LogP contribution in [0.3, 0.4) is 0 Å². The molecular formula is C15H17N3O2. The summed E-state index contributed by atoms with van der Waals surface area (Å²) in [6, 6.07) is 9.60. The predicted molar refractivity (Wildman–Crippen MR) is 77.5 cm³/mol. The number of nitrogens with two attached hydrogens (primary N) is 1. The number of hydrogen-bond donors (Lipinski definition) is 1. The van der Waals surface area contributed by atoms with Crippen LogP contribution in [0.25, 0.3) is 10.9 Å². The normalized spacial score (nSPS) is 22.2. The van der Waals surface area contributed by atoms with Gasteiger partial charge in [0.25, 0.3) is 0 Å². The number of para-hydroxylation sites is 1. The van der Waals surface area contributed by atoms with Crippen molar-refractivity contribution in [2.45, 2.75) is 18.5 Å². The Morgan fingerprint density at radius 3 is 3.05 bits per heavy atom. The highest BCUT2D eigenvalue weighted by Crippen LogP contribution is 2.27. The first-order chi connectivity index (χ1) is 9.69. The van der Waals surface area contributed by atoms with Gasteiger partial charge in [-0.15, -0.1) is 0 Å². The summed E-state index contributed by atoms with van der Waals surface area (Å²) in [5.74, 6) is -0.244. The number of carbonyl (C=O) groups is 1. The lowest BCUT2D eigenvalue weighted by Gasteiger charge is -2.24. The summed E-state index contributed by atoms with van der Waals surface area (Å²) >= 11 is 0. The van der Waals surface area contributed by atoms with Crippen LogP contribution < -0.4 is 10.6 Å². The highest BCUT2D eigenvalue weighted by atomic mass is 16.5. The molecule has 1 fully saturated rings. The monoisotopic (exact) mass is 271 g/mol. The second-order valence-corrected chi connectivity index (χ2v) is 5.07. The molecule has 0 saturated carbocycles. The lowest BCUT2D eigenvalue weighted by Crippen LogP contribution is -2.37. The minimum absolute atomic E-state index is 0.0226. The Morgan fingerprint density at radius 1 is 1.45 bits per heavy atom. The van der Waals surface area contributed by atoms with Crippen LogP contribution in [0.15, 0.2) is 36.5 Å². The SMILES string of the molecule is COC(=O)[C@@H]1C[C@H](N)CN1c1cnc2ccccc2c1. The van der Waals surface area contributed by atoms with Crippen molar-refractivity contribution in [2.24, 2.45) is 5.73 Å². The lowest BCUT2D eigenvalue weighted by atomic mass is 10.1. The Labute approximate surface area is 117 Å². The Hall–Kier alpha value is -2.14. The van der Waals surface area contributed by atoms with Gasteiger partial charge in [-0.3, -0.25) is 4.98 Å². The number of methoxy groups -OCH3 is 1. The average molecular weight is 271 g/mol. The first-order valence-electron chi connectivity index (χ1n) is 6.64.